The predicted molar refractivity (Wildman–Crippen MR) is 72.4 cm³/mol. The summed E-state index contributed by atoms with van der Waals surface area (Å²) in [6.07, 6.45) is -0.350. The minimum atomic E-state index is -1.07. The monoisotopic (exact) mass is 264 g/mol. The number of benzene rings is 1. The van der Waals surface area contributed by atoms with Crippen LogP contribution in [-0.2, 0) is 16.1 Å². The van der Waals surface area contributed by atoms with Crippen LogP contribution in [-0.4, -0.2) is 34.0 Å². The Kier molecular flexibility index (Phi) is 5.51. The number of nitrogens with zero attached hydrogens (tertiary/aromatic N) is 1. The molecule has 0 radical (unpaired) electrons. The van der Waals surface area contributed by atoms with Gasteiger partial charge in [0.15, 0.2) is 0 Å². The van der Waals surface area contributed by atoms with Gasteiger partial charge in [0.25, 0.3) is 0 Å². The van der Waals surface area contributed by atoms with E-state index in [0.29, 0.717) is 6.54 Å². The highest BCUT2D eigenvalue weighted by Crippen LogP contribution is 2.10. The molecule has 1 amide bonds. The van der Waals surface area contributed by atoms with Crippen LogP contribution in [0.15, 0.2) is 30.3 Å². The fourth-order valence-electron chi connectivity index (χ4n) is 1.78. The lowest BCUT2D eigenvalue weighted by atomic mass is 10.1. The Labute approximate surface area is 113 Å². The zero-order valence-electron chi connectivity index (χ0n) is 11.2. The van der Waals surface area contributed by atoms with E-state index in [1.807, 2.05) is 44.2 Å². The van der Waals surface area contributed by atoms with Gasteiger partial charge in [0.1, 0.15) is 0 Å². The summed E-state index contributed by atoms with van der Waals surface area (Å²) in [7, 11) is 0. The molecule has 0 bridgehead atoms. The van der Waals surface area contributed by atoms with E-state index in [9.17, 15) is 9.59 Å². The largest absolute Gasteiger partial charge is 0.481 e. The first-order valence-corrected chi connectivity index (χ1v) is 6.23. The van der Waals surface area contributed by atoms with Gasteiger partial charge in [0, 0.05) is 12.6 Å². The average molecular weight is 264 g/mol. The minimum Gasteiger partial charge on any atom is -0.481 e. The molecule has 0 aromatic heterocycles. The SMILES string of the molecule is CC(C)N(Cc1ccccc1)C(=O)C(N)CC(=O)O. The molecule has 19 heavy (non-hydrogen) atoms. The van der Waals surface area contributed by atoms with Crippen molar-refractivity contribution in [3.8, 4) is 0 Å². The van der Waals surface area contributed by atoms with Gasteiger partial charge < -0.3 is 15.7 Å². The molecule has 1 unspecified atom stereocenters. The summed E-state index contributed by atoms with van der Waals surface area (Å²) in [5.74, 6) is -1.40. The van der Waals surface area contributed by atoms with Crippen LogP contribution in [0.5, 0.6) is 0 Å². The van der Waals surface area contributed by atoms with E-state index in [-0.39, 0.29) is 18.4 Å². The third kappa shape index (κ3) is 4.71. The molecular formula is C14H20N2O3. The number of carboxylic acids is 1. The van der Waals surface area contributed by atoms with E-state index >= 15 is 0 Å². The first-order valence-electron chi connectivity index (χ1n) is 6.23. The summed E-state index contributed by atoms with van der Waals surface area (Å²) >= 11 is 0. The Morgan fingerprint density at radius 2 is 1.84 bits per heavy atom. The fraction of sp³-hybridized carbons (Fsp3) is 0.429. The number of aliphatic carboxylic acids is 1. The summed E-state index contributed by atoms with van der Waals surface area (Å²) in [4.78, 5) is 24.4. The number of hydrogen-bond donors (Lipinski definition) is 2. The van der Waals surface area contributed by atoms with Crippen molar-refractivity contribution in [2.24, 2.45) is 5.73 Å². The molecule has 1 atom stereocenters. The van der Waals surface area contributed by atoms with Crippen molar-refractivity contribution in [3.63, 3.8) is 0 Å². The molecule has 0 aliphatic carbocycles. The molecule has 5 nitrogen and oxygen atoms in total. The Balaban J connectivity index is 2.77. The highest BCUT2D eigenvalue weighted by Gasteiger charge is 2.25. The van der Waals surface area contributed by atoms with Crippen LogP contribution >= 0.6 is 0 Å². The fourth-order valence-corrected chi connectivity index (χ4v) is 1.78. The topological polar surface area (TPSA) is 83.6 Å². The van der Waals surface area contributed by atoms with Gasteiger partial charge in [-0.15, -0.1) is 0 Å². The van der Waals surface area contributed by atoms with E-state index in [1.165, 1.54) is 0 Å². The normalized spacial score (nSPS) is 12.2. The second kappa shape index (κ2) is 6.89. The highest BCUT2D eigenvalue weighted by molar-refractivity contribution is 5.86. The minimum absolute atomic E-state index is 0.0347. The molecule has 104 valence electrons. The van der Waals surface area contributed by atoms with Crippen molar-refractivity contribution in [2.45, 2.75) is 38.9 Å². The van der Waals surface area contributed by atoms with Gasteiger partial charge in [0.05, 0.1) is 12.5 Å². The molecule has 3 N–H and O–H groups in total. The lowest BCUT2D eigenvalue weighted by molar-refractivity contribution is -0.143. The standard InChI is InChI=1S/C14H20N2O3/c1-10(2)16(9-11-6-4-3-5-7-11)14(19)12(15)8-13(17)18/h3-7,10,12H,8-9,15H2,1-2H3,(H,17,18). The van der Waals surface area contributed by atoms with E-state index in [1.54, 1.807) is 4.90 Å². The molecule has 5 heteroatoms. The molecule has 0 saturated heterocycles. The second-order valence-electron chi connectivity index (χ2n) is 4.75. The van der Waals surface area contributed by atoms with Gasteiger partial charge in [-0.05, 0) is 19.4 Å². The summed E-state index contributed by atoms with van der Waals surface area (Å²) in [6, 6.07) is 8.51. The van der Waals surface area contributed by atoms with Crippen LogP contribution in [0.25, 0.3) is 0 Å². The Hall–Kier alpha value is -1.88. The lowest BCUT2D eigenvalue weighted by Crippen LogP contribution is -2.47. The number of amides is 1. The van der Waals surface area contributed by atoms with Gasteiger partial charge in [0.2, 0.25) is 5.91 Å². The smallest absolute Gasteiger partial charge is 0.305 e. The van der Waals surface area contributed by atoms with Crippen LogP contribution < -0.4 is 5.73 Å². The maximum absolute atomic E-state index is 12.2. The van der Waals surface area contributed by atoms with Crippen LogP contribution in [0.2, 0.25) is 0 Å². The van der Waals surface area contributed by atoms with Crippen LogP contribution in [0, 0.1) is 0 Å². The summed E-state index contributed by atoms with van der Waals surface area (Å²) < 4.78 is 0. The summed E-state index contributed by atoms with van der Waals surface area (Å²) in [5.41, 5.74) is 6.63. The molecule has 0 aliphatic rings. The number of rotatable bonds is 6. The first kappa shape index (κ1) is 15.2. The van der Waals surface area contributed by atoms with Crippen LogP contribution in [0.4, 0.5) is 0 Å². The van der Waals surface area contributed by atoms with E-state index in [4.69, 9.17) is 10.8 Å². The first-order chi connectivity index (χ1) is 8.91. The molecule has 1 aromatic carbocycles. The van der Waals surface area contributed by atoms with Crippen LogP contribution in [0.1, 0.15) is 25.8 Å². The van der Waals surface area contributed by atoms with E-state index in [0.717, 1.165) is 5.56 Å². The van der Waals surface area contributed by atoms with Gasteiger partial charge in [-0.25, -0.2) is 0 Å². The zero-order valence-corrected chi connectivity index (χ0v) is 11.2. The van der Waals surface area contributed by atoms with E-state index in [2.05, 4.69) is 0 Å². The second-order valence-corrected chi connectivity index (χ2v) is 4.75. The van der Waals surface area contributed by atoms with Crippen molar-refractivity contribution < 1.29 is 14.7 Å². The number of carbonyl (C=O) groups excluding carboxylic acids is 1. The Morgan fingerprint density at radius 1 is 1.26 bits per heavy atom. The van der Waals surface area contributed by atoms with Crippen molar-refractivity contribution in [1.82, 2.24) is 4.90 Å². The summed E-state index contributed by atoms with van der Waals surface area (Å²) in [5, 5.41) is 8.69. The zero-order chi connectivity index (χ0) is 14.4. The molecule has 1 aromatic rings. The molecule has 0 spiro atoms. The molecule has 0 saturated carbocycles. The summed E-state index contributed by atoms with van der Waals surface area (Å²) in [6.45, 7) is 4.20. The molecular weight excluding hydrogens is 244 g/mol. The van der Waals surface area contributed by atoms with Crippen LogP contribution in [0.3, 0.4) is 0 Å². The lowest BCUT2D eigenvalue weighted by Gasteiger charge is -2.29. The third-order valence-electron chi connectivity index (χ3n) is 2.81. The van der Waals surface area contributed by atoms with Gasteiger partial charge in [-0.1, -0.05) is 30.3 Å². The average Bonchev–Trinajstić information content (AvgIpc) is 2.35. The number of carbonyl (C=O) groups is 2. The molecule has 0 fully saturated rings. The van der Waals surface area contributed by atoms with Crippen molar-refractivity contribution in [2.75, 3.05) is 0 Å². The molecule has 1 rings (SSSR count). The van der Waals surface area contributed by atoms with Gasteiger partial charge in [-0.2, -0.15) is 0 Å². The van der Waals surface area contributed by atoms with Crippen molar-refractivity contribution >= 4 is 11.9 Å². The molecule has 0 heterocycles. The van der Waals surface area contributed by atoms with Gasteiger partial charge >= 0.3 is 5.97 Å². The predicted octanol–water partition coefficient (Wildman–Crippen LogP) is 1.23. The number of hydrogen-bond acceptors (Lipinski definition) is 3. The van der Waals surface area contributed by atoms with Crippen molar-refractivity contribution in [3.05, 3.63) is 35.9 Å². The maximum atomic E-state index is 12.2. The Bertz CT molecular complexity index is 432. The molecule has 0 aliphatic heterocycles. The number of nitrogens with two attached hydrogens (primary N) is 1. The number of carboxylic acid groups (broad SMARTS) is 1. The third-order valence-corrected chi connectivity index (χ3v) is 2.81. The highest BCUT2D eigenvalue weighted by atomic mass is 16.4. The van der Waals surface area contributed by atoms with E-state index < -0.39 is 12.0 Å². The maximum Gasteiger partial charge on any atom is 0.305 e. The Morgan fingerprint density at radius 3 is 2.32 bits per heavy atom. The van der Waals surface area contributed by atoms with Crippen molar-refractivity contribution in [1.29, 1.82) is 0 Å². The van der Waals surface area contributed by atoms with Gasteiger partial charge in [-0.3, -0.25) is 9.59 Å². The quantitative estimate of drug-likeness (QED) is 0.809.